The number of hydrogen-bond donors (Lipinski definition) is 0. The van der Waals surface area contributed by atoms with Crippen LogP contribution in [0.15, 0.2) is 66.7 Å². The molecule has 3 aromatic carbocycles. The van der Waals surface area contributed by atoms with Gasteiger partial charge >= 0.3 is 6.36 Å². The molecular weight excluding hydrogens is 498 g/mol. The number of nitrogens with zero attached hydrogens (tertiary/aromatic N) is 1. The fourth-order valence-corrected chi connectivity index (χ4v) is 4.66. The average Bonchev–Trinajstić information content (AvgIpc) is 2.74. The van der Waals surface area contributed by atoms with Crippen molar-refractivity contribution in [2.45, 2.75) is 44.5 Å². The van der Waals surface area contributed by atoms with E-state index in [0.717, 1.165) is 5.56 Å². The van der Waals surface area contributed by atoms with Crippen molar-refractivity contribution in [3.05, 3.63) is 99.0 Å². The molecule has 0 bridgehead atoms. The Hall–Kier alpha value is -2.70. The van der Waals surface area contributed by atoms with E-state index >= 15 is 0 Å². The van der Waals surface area contributed by atoms with E-state index in [4.69, 9.17) is 23.2 Å². The molecular formula is C27H24Cl2F3NO2. The Kier molecular flexibility index (Phi) is 7.92. The standard InChI is InChI=1S/C27H24Cl2F3NO2/c28-23-14-22(15-24(29)16-23)26(34)33(17-19-7-9-21(10-8-19)20-4-2-5-20)12-11-18-3-1-6-25(13-18)35-27(30,31)32/h1,3,6-10,13-16,20H,2,4-5,11-12,17H2. The first-order valence-electron chi connectivity index (χ1n) is 11.4. The van der Waals surface area contributed by atoms with Crippen molar-refractivity contribution in [3.8, 4) is 5.75 Å². The van der Waals surface area contributed by atoms with Gasteiger partial charge in [-0.15, -0.1) is 13.2 Å². The highest BCUT2D eigenvalue weighted by Gasteiger charge is 2.31. The predicted molar refractivity (Wildman–Crippen MR) is 131 cm³/mol. The Bertz CT molecular complexity index is 1160. The minimum atomic E-state index is -4.77. The molecule has 3 aromatic rings. The maximum atomic E-state index is 13.4. The van der Waals surface area contributed by atoms with Gasteiger partial charge < -0.3 is 9.64 Å². The Morgan fingerprint density at radius 2 is 1.63 bits per heavy atom. The quantitative estimate of drug-likeness (QED) is 0.300. The molecule has 3 nitrogen and oxygen atoms in total. The second kappa shape index (κ2) is 10.9. The number of rotatable bonds is 8. The van der Waals surface area contributed by atoms with E-state index in [1.54, 1.807) is 29.2 Å². The van der Waals surface area contributed by atoms with Crippen LogP contribution in [0, 0.1) is 0 Å². The molecule has 4 rings (SSSR count). The molecule has 0 aliphatic heterocycles. The number of benzene rings is 3. The van der Waals surface area contributed by atoms with Crippen LogP contribution < -0.4 is 4.74 Å². The zero-order chi connectivity index (χ0) is 25.0. The van der Waals surface area contributed by atoms with Gasteiger partial charge in [-0.25, -0.2) is 0 Å². The fourth-order valence-electron chi connectivity index (χ4n) is 4.13. The molecule has 0 atom stereocenters. The highest BCUT2D eigenvalue weighted by atomic mass is 35.5. The summed E-state index contributed by atoms with van der Waals surface area (Å²) in [6, 6.07) is 18.7. The van der Waals surface area contributed by atoms with E-state index in [1.807, 2.05) is 12.1 Å². The molecule has 0 unspecified atom stereocenters. The Labute approximate surface area is 212 Å². The van der Waals surface area contributed by atoms with Gasteiger partial charge in [0.25, 0.3) is 5.91 Å². The van der Waals surface area contributed by atoms with E-state index in [-0.39, 0.29) is 18.2 Å². The van der Waals surface area contributed by atoms with Crippen LogP contribution in [0.5, 0.6) is 5.75 Å². The van der Waals surface area contributed by atoms with Crippen molar-refractivity contribution in [1.82, 2.24) is 4.90 Å². The molecule has 1 aliphatic carbocycles. The zero-order valence-electron chi connectivity index (χ0n) is 18.8. The van der Waals surface area contributed by atoms with E-state index < -0.39 is 6.36 Å². The first-order valence-corrected chi connectivity index (χ1v) is 12.1. The molecule has 1 amide bonds. The van der Waals surface area contributed by atoms with Crippen molar-refractivity contribution >= 4 is 29.1 Å². The van der Waals surface area contributed by atoms with Gasteiger partial charge in [0, 0.05) is 28.7 Å². The summed E-state index contributed by atoms with van der Waals surface area (Å²) in [7, 11) is 0. The van der Waals surface area contributed by atoms with Gasteiger partial charge in [0.1, 0.15) is 5.75 Å². The van der Waals surface area contributed by atoms with Gasteiger partial charge in [-0.1, -0.05) is 66.0 Å². The second-order valence-electron chi connectivity index (χ2n) is 8.70. The number of hydrogen-bond acceptors (Lipinski definition) is 2. The van der Waals surface area contributed by atoms with Gasteiger partial charge in [0.05, 0.1) is 0 Å². The number of amides is 1. The number of alkyl halides is 3. The van der Waals surface area contributed by atoms with Gasteiger partial charge in [0.15, 0.2) is 0 Å². The fraction of sp³-hybridized carbons (Fsp3) is 0.296. The molecule has 0 saturated heterocycles. The van der Waals surface area contributed by atoms with Crippen molar-refractivity contribution in [1.29, 1.82) is 0 Å². The van der Waals surface area contributed by atoms with E-state index in [2.05, 4.69) is 16.9 Å². The minimum Gasteiger partial charge on any atom is -0.406 e. The molecule has 35 heavy (non-hydrogen) atoms. The molecule has 1 fully saturated rings. The molecule has 8 heteroatoms. The molecule has 0 spiro atoms. The maximum Gasteiger partial charge on any atom is 0.573 e. The lowest BCUT2D eigenvalue weighted by atomic mass is 9.80. The third-order valence-electron chi connectivity index (χ3n) is 6.13. The van der Waals surface area contributed by atoms with Crippen LogP contribution in [0.25, 0.3) is 0 Å². The van der Waals surface area contributed by atoms with Gasteiger partial charge in [-0.3, -0.25) is 4.79 Å². The first kappa shape index (κ1) is 25.4. The van der Waals surface area contributed by atoms with Crippen LogP contribution >= 0.6 is 23.2 Å². The number of ether oxygens (including phenoxy) is 1. The zero-order valence-corrected chi connectivity index (χ0v) is 20.3. The minimum absolute atomic E-state index is 0.264. The number of carbonyl (C=O) groups is 1. The molecule has 0 N–H and O–H groups in total. The summed E-state index contributed by atoms with van der Waals surface area (Å²) < 4.78 is 41.8. The summed E-state index contributed by atoms with van der Waals surface area (Å²) in [4.78, 5) is 15.0. The van der Waals surface area contributed by atoms with Gasteiger partial charge in [-0.2, -0.15) is 0 Å². The van der Waals surface area contributed by atoms with E-state index in [0.29, 0.717) is 40.1 Å². The molecule has 0 heterocycles. The van der Waals surface area contributed by atoms with Crippen LogP contribution in [0.2, 0.25) is 10.0 Å². The van der Waals surface area contributed by atoms with Crippen LogP contribution in [-0.2, 0) is 13.0 Å². The number of carbonyl (C=O) groups excluding carboxylic acids is 1. The molecule has 0 radical (unpaired) electrons. The van der Waals surface area contributed by atoms with Crippen molar-refractivity contribution in [2.24, 2.45) is 0 Å². The highest BCUT2D eigenvalue weighted by molar-refractivity contribution is 6.35. The SMILES string of the molecule is O=C(c1cc(Cl)cc(Cl)c1)N(CCc1cccc(OC(F)(F)F)c1)Cc1ccc(C2CCC2)cc1. The van der Waals surface area contributed by atoms with Crippen LogP contribution in [0.3, 0.4) is 0 Å². The molecule has 184 valence electrons. The lowest BCUT2D eigenvalue weighted by molar-refractivity contribution is -0.274. The third kappa shape index (κ3) is 7.15. The lowest BCUT2D eigenvalue weighted by Gasteiger charge is -2.27. The summed E-state index contributed by atoms with van der Waals surface area (Å²) in [6.07, 6.45) is -0.757. The summed E-state index contributed by atoms with van der Waals surface area (Å²) in [6.45, 7) is 0.621. The average molecular weight is 522 g/mol. The summed E-state index contributed by atoms with van der Waals surface area (Å²) in [5.41, 5.74) is 3.24. The van der Waals surface area contributed by atoms with E-state index in [9.17, 15) is 18.0 Å². The normalized spacial score (nSPS) is 13.9. The van der Waals surface area contributed by atoms with Crippen LogP contribution in [0.4, 0.5) is 13.2 Å². The Morgan fingerprint density at radius 1 is 0.943 bits per heavy atom. The summed E-state index contributed by atoms with van der Waals surface area (Å²) in [5.74, 6) is 0.0582. The second-order valence-corrected chi connectivity index (χ2v) is 9.57. The Morgan fingerprint density at radius 3 is 2.23 bits per heavy atom. The maximum absolute atomic E-state index is 13.4. The van der Waals surface area contributed by atoms with Crippen LogP contribution in [-0.4, -0.2) is 23.7 Å². The first-order chi connectivity index (χ1) is 16.7. The van der Waals surface area contributed by atoms with Crippen LogP contribution in [0.1, 0.15) is 52.2 Å². The Balaban J connectivity index is 1.52. The lowest BCUT2D eigenvalue weighted by Crippen LogP contribution is -2.32. The smallest absolute Gasteiger partial charge is 0.406 e. The third-order valence-corrected chi connectivity index (χ3v) is 6.57. The molecule has 1 aliphatic rings. The van der Waals surface area contributed by atoms with Gasteiger partial charge in [0.2, 0.25) is 0 Å². The van der Waals surface area contributed by atoms with Crippen molar-refractivity contribution in [3.63, 3.8) is 0 Å². The summed E-state index contributed by atoms with van der Waals surface area (Å²) >= 11 is 12.2. The topological polar surface area (TPSA) is 29.5 Å². The van der Waals surface area contributed by atoms with Gasteiger partial charge in [-0.05, 0) is 72.2 Å². The van der Waals surface area contributed by atoms with E-state index in [1.165, 1.54) is 43.0 Å². The largest absolute Gasteiger partial charge is 0.573 e. The molecule has 0 aromatic heterocycles. The number of halogens is 5. The van der Waals surface area contributed by atoms with Crippen molar-refractivity contribution < 1.29 is 22.7 Å². The predicted octanol–water partition coefficient (Wildman–Crippen LogP) is 8.04. The summed E-state index contributed by atoms with van der Waals surface area (Å²) in [5, 5.41) is 0.699. The van der Waals surface area contributed by atoms with Crippen molar-refractivity contribution in [2.75, 3.05) is 6.54 Å². The highest BCUT2D eigenvalue weighted by Crippen LogP contribution is 2.36. The monoisotopic (exact) mass is 521 g/mol. The molecule has 1 saturated carbocycles.